The van der Waals surface area contributed by atoms with Crippen molar-refractivity contribution in [3.8, 4) is 5.88 Å². The number of ether oxygens (including phenoxy) is 1. The van der Waals surface area contributed by atoms with Crippen LogP contribution in [0.15, 0.2) is 22.8 Å². The standard InChI is InChI=1S/C20H28N4O3/c1-14-6-9-23(10-7-14)16(17-5-3-11-26-17)13-21-19(25)18-15(2)20-24(22-18)8-4-12-27-20/h3,5,11,14,16H,4,6-10,12-13H2,1-2H3,(H,21,25). The highest BCUT2D eigenvalue weighted by molar-refractivity contribution is 5.94. The Balaban J connectivity index is 1.46. The summed E-state index contributed by atoms with van der Waals surface area (Å²) < 4.78 is 13.1. The van der Waals surface area contributed by atoms with E-state index in [2.05, 4.69) is 22.2 Å². The van der Waals surface area contributed by atoms with Gasteiger partial charge >= 0.3 is 0 Å². The molecule has 2 aromatic rings. The van der Waals surface area contributed by atoms with Crippen LogP contribution in [0.3, 0.4) is 0 Å². The number of likely N-dealkylation sites (tertiary alicyclic amines) is 1. The first kappa shape index (κ1) is 18.1. The molecule has 146 valence electrons. The fourth-order valence-corrected chi connectivity index (χ4v) is 3.97. The quantitative estimate of drug-likeness (QED) is 0.874. The van der Waals surface area contributed by atoms with E-state index in [0.29, 0.717) is 18.8 Å². The van der Waals surface area contributed by atoms with E-state index >= 15 is 0 Å². The average Bonchev–Trinajstić information content (AvgIpc) is 3.32. The molecule has 1 amide bonds. The first-order valence-corrected chi connectivity index (χ1v) is 9.89. The maximum atomic E-state index is 12.8. The fraction of sp³-hybridized carbons (Fsp3) is 0.600. The van der Waals surface area contributed by atoms with Crippen LogP contribution in [0, 0.1) is 12.8 Å². The monoisotopic (exact) mass is 372 g/mol. The van der Waals surface area contributed by atoms with Crippen molar-refractivity contribution < 1.29 is 13.9 Å². The predicted octanol–water partition coefficient (Wildman–Crippen LogP) is 2.77. The molecule has 1 fully saturated rings. The average molecular weight is 372 g/mol. The first-order chi connectivity index (χ1) is 13.1. The SMILES string of the molecule is Cc1c(C(=O)NCC(c2ccco2)N2CCC(C)CC2)nn2c1OCCC2. The topological polar surface area (TPSA) is 72.5 Å². The maximum Gasteiger partial charge on any atom is 0.272 e. The number of nitrogens with one attached hydrogen (secondary N) is 1. The molecule has 2 aliphatic rings. The van der Waals surface area contributed by atoms with Gasteiger partial charge in [0.05, 0.1) is 18.9 Å². The number of fused-ring (bicyclic) bond motifs is 1. The molecule has 2 aromatic heterocycles. The van der Waals surface area contributed by atoms with Crippen molar-refractivity contribution in [2.75, 3.05) is 26.2 Å². The molecule has 1 unspecified atom stereocenters. The number of aryl methyl sites for hydroxylation is 1. The number of amides is 1. The molecule has 0 aromatic carbocycles. The molecule has 7 heteroatoms. The molecule has 1 saturated heterocycles. The summed E-state index contributed by atoms with van der Waals surface area (Å²) in [6.07, 6.45) is 4.97. The lowest BCUT2D eigenvalue weighted by atomic mass is 9.97. The Morgan fingerprint density at radius 3 is 2.89 bits per heavy atom. The van der Waals surface area contributed by atoms with Gasteiger partial charge in [0.25, 0.3) is 5.91 Å². The smallest absolute Gasteiger partial charge is 0.272 e. The highest BCUT2D eigenvalue weighted by Crippen LogP contribution is 2.28. The number of aromatic nitrogens is 2. The second kappa shape index (κ2) is 7.76. The van der Waals surface area contributed by atoms with Gasteiger partial charge in [-0.1, -0.05) is 6.92 Å². The van der Waals surface area contributed by atoms with Gasteiger partial charge in [-0.3, -0.25) is 9.69 Å². The Bertz CT molecular complexity index is 776. The van der Waals surface area contributed by atoms with E-state index in [0.717, 1.165) is 49.2 Å². The Labute approximate surface area is 159 Å². The van der Waals surface area contributed by atoms with Gasteiger partial charge in [-0.2, -0.15) is 5.10 Å². The number of carbonyl (C=O) groups is 1. The van der Waals surface area contributed by atoms with Gasteiger partial charge in [0.1, 0.15) is 5.76 Å². The summed E-state index contributed by atoms with van der Waals surface area (Å²) in [4.78, 5) is 15.2. The summed E-state index contributed by atoms with van der Waals surface area (Å²) in [5.74, 6) is 2.22. The molecule has 27 heavy (non-hydrogen) atoms. The zero-order chi connectivity index (χ0) is 18.8. The number of hydrogen-bond donors (Lipinski definition) is 1. The van der Waals surface area contributed by atoms with Crippen LogP contribution < -0.4 is 10.1 Å². The van der Waals surface area contributed by atoms with Crippen LogP contribution in [0.1, 0.15) is 54.0 Å². The van der Waals surface area contributed by atoms with Crippen LogP contribution in [0.2, 0.25) is 0 Å². The second-order valence-corrected chi connectivity index (χ2v) is 7.66. The van der Waals surface area contributed by atoms with Crippen molar-refractivity contribution in [2.24, 2.45) is 5.92 Å². The van der Waals surface area contributed by atoms with Gasteiger partial charge in [-0.15, -0.1) is 0 Å². The van der Waals surface area contributed by atoms with Crippen LogP contribution in [-0.2, 0) is 6.54 Å². The summed E-state index contributed by atoms with van der Waals surface area (Å²) in [6, 6.07) is 3.94. The van der Waals surface area contributed by atoms with Crippen molar-refractivity contribution in [1.29, 1.82) is 0 Å². The Hall–Kier alpha value is -2.28. The van der Waals surface area contributed by atoms with E-state index in [-0.39, 0.29) is 11.9 Å². The van der Waals surface area contributed by atoms with Crippen LogP contribution >= 0.6 is 0 Å². The van der Waals surface area contributed by atoms with Crippen LogP contribution in [0.5, 0.6) is 5.88 Å². The van der Waals surface area contributed by atoms with Crippen LogP contribution in [-0.4, -0.2) is 46.8 Å². The van der Waals surface area contributed by atoms with Crippen molar-refractivity contribution in [2.45, 2.75) is 45.7 Å². The number of furan rings is 1. The van der Waals surface area contributed by atoms with Crippen LogP contribution in [0.25, 0.3) is 0 Å². The Kier molecular flexibility index (Phi) is 5.20. The van der Waals surface area contributed by atoms with Crippen molar-refractivity contribution in [3.63, 3.8) is 0 Å². The largest absolute Gasteiger partial charge is 0.478 e. The van der Waals surface area contributed by atoms with E-state index in [9.17, 15) is 4.79 Å². The van der Waals surface area contributed by atoms with E-state index in [1.165, 1.54) is 12.8 Å². The van der Waals surface area contributed by atoms with Gasteiger partial charge in [0, 0.05) is 25.1 Å². The highest BCUT2D eigenvalue weighted by atomic mass is 16.5. The van der Waals surface area contributed by atoms with Gasteiger partial charge in [0.15, 0.2) is 5.69 Å². The number of hydrogen-bond acceptors (Lipinski definition) is 5. The second-order valence-electron chi connectivity index (χ2n) is 7.66. The minimum atomic E-state index is -0.153. The lowest BCUT2D eigenvalue weighted by Gasteiger charge is -2.35. The molecule has 0 radical (unpaired) electrons. The molecular formula is C20H28N4O3. The summed E-state index contributed by atoms with van der Waals surface area (Å²) in [7, 11) is 0. The molecule has 4 rings (SSSR count). The molecule has 0 saturated carbocycles. The molecule has 7 nitrogen and oxygen atoms in total. The normalized spacial score (nSPS) is 19.3. The van der Waals surface area contributed by atoms with Gasteiger partial charge in [-0.05, 0) is 50.9 Å². The third-order valence-corrected chi connectivity index (χ3v) is 5.69. The minimum absolute atomic E-state index is 0.0465. The van der Waals surface area contributed by atoms with Gasteiger partial charge in [0.2, 0.25) is 5.88 Å². The highest BCUT2D eigenvalue weighted by Gasteiger charge is 2.28. The van der Waals surface area contributed by atoms with Crippen molar-refractivity contribution in [1.82, 2.24) is 20.0 Å². The Morgan fingerprint density at radius 1 is 1.37 bits per heavy atom. The molecule has 0 bridgehead atoms. The third kappa shape index (κ3) is 3.74. The summed E-state index contributed by atoms with van der Waals surface area (Å²) >= 11 is 0. The van der Waals surface area contributed by atoms with E-state index in [1.54, 1.807) is 10.9 Å². The molecule has 0 aliphatic carbocycles. The predicted molar refractivity (Wildman–Crippen MR) is 101 cm³/mol. The van der Waals surface area contributed by atoms with Crippen molar-refractivity contribution >= 4 is 5.91 Å². The van der Waals surface area contributed by atoms with Crippen LogP contribution in [0.4, 0.5) is 0 Å². The van der Waals surface area contributed by atoms with E-state index < -0.39 is 0 Å². The maximum absolute atomic E-state index is 12.8. The van der Waals surface area contributed by atoms with E-state index in [1.807, 2.05) is 19.1 Å². The molecule has 2 aliphatic heterocycles. The molecule has 4 heterocycles. The molecule has 1 atom stereocenters. The number of rotatable bonds is 5. The third-order valence-electron chi connectivity index (χ3n) is 5.69. The minimum Gasteiger partial charge on any atom is -0.478 e. The van der Waals surface area contributed by atoms with E-state index in [4.69, 9.17) is 9.15 Å². The molecular weight excluding hydrogens is 344 g/mol. The van der Waals surface area contributed by atoms with Crippen molar-refractivity contribution in [3.05, 3.63) is 35.4 Å². The fourth-order valence-electron chi connectivity index (χ4n) is 3.97. The number of nitrogens with zero attached hydrogens (tertiary/aromatic N) is 3. The first-order valence-electron chi connectivity index (χ1n) is 9.89. The summed E-state index contributed by atoms with van der Waals surface area (Å²) in [5.41, 5.74) is 1.27. The van der Waals surface area contributed by atoms with Gasteiger partial charge < -0.3 is 14.5 Å². The number of carbonyl (C=O) groups excluding carboxylic acids is 1. The summed E-state index contributed by atoms with van der Waals surface area (Å²) in [6.45, 7) is 8.22. The summed E-state index contributed by atoms with van der Waals surface area (Å²) in [5, 5.41) is 7.53. The van der Waals surface area contributed by atoms with Gasteiger partial charge in [-0.25, -0.2) is 4.68 Å². The molecule has 0 spiro atoms. The lowest BCUT2D eigenvalue weighted by Crippen LogP contribution is -2.42. The zero-order valence-corrected chi connectivity index (χ0v) is 16.1. The molecule has 1 N–H and O–H groups in total. The Morgan fingerprint density at radius 2 is 2.19 bits per heavy atom. The lowest BCUT2D eigenvalue weighted by molar-refractivity contribution is 0.0890. The zero-order valence-electron chi connectivity index (χ0n) is 16.1. The number of piperidine rings is 1.